The van der Waals surface area contributed by atoms with E-state index in [0.717, 1.165) is 31.8 Å². The third-order valence-electron chi connectivity index (χ3n) is 7.03. The number of piperidine rings is 2. The predicted octanol–water partition coefficient (Wildman–Crippen LogP) is 3.29. The topological polar surface area (TPSA) is 43.9 Å². The standard InChI is InChI=1S/C23H32FN3O2/c1-17-6-11-25(12-7-17)13-8-18-9-14-26(15-10-18)21-16-22(28)27(23(21)29)20-4-2-19(24)3-5-20/h2-5,17-18,21H,6-16H2,1H3/t21-/m1/s1. The molecule has 1 atom stereocenters. The molecule has 3 saturated heterocycles. The number of anilines is 1. The zero-order valence-corrected chi connectivity index (χ0v) is 17.4. The zero-order chi connectivity index (χ0) is 20.4. The highest BCUT2D eigenvalue weighted by Gasteiger charge is 2.43. The van der Waals surface area contributed by atoms with Gasteiger partial charge < -0.3 is 4.90 Å². The molecule has 0 unspecified atom stereocenters. The van der Waals surface area contributed by atoms with Gasteiger partial charge in [-0.15, -0.1) is 0 Å². The molecule has 5 nitrogen and oxygen atoms in total. The molecule has 3 aliphatic rings. The summed E-state index contributed by atoms with van der Waals surface area (Å²) in [7, 11) is 0. The van der Waals surface area contributed by atoms with Crippen molar-refractivity contribution in [1.82, 2.24) is 9.80 Å². The summed E-state index contributed by atoms with van der Waals surface area (Å²) in [4.78, 5) is 31.4. The average Bonchev–Trinajstić information content (AvgIpc) is 3.03. The largest absolute Gasteiger partial charge is 0.303 e. The lowest BCUT2D eigenvalue weighted by atomic mass is 9.91. The lowest BCUT2D eigenvalue weighted by Crippen LogP contribution is -2.46. The molecule has 1 aromatic rings. The molecule has 29 heavy (non-hydrogen) atoms. The molecule has 4 rings (SSSR count). The number of likely N-dealkylation sites (tertiary alicyclic amines) is 2. The van der Waals surface area contributed by atoms with Crippen molar-refractivity contribution < 1.29 is 14.0 Å². The maximum atomic E-state index is 13.2. The molecule has 2 amide bonds. The van der Waals surface area contributed by atoms with Gasteiger partial charge in [0.1, 0.15) is 5.82 Å². The van der Waals surface area contributed by atoms with Gasteiger partial charge in [0.15, 0.2) is 0 Å². The number of nitrogens with zero attached hydrogens (tertiary/aromatic N) is 3. The van der Waals surface area contributed by atoms with Gasteiger partial charge in [-0.1, -0.05) is 6.92 Å². The highest BCUT2D eigenvalue weighted by molar-refractivity contribution is 6.22. The number of imide groups is 1. The fourth-order valence-electron chi connectivity index (χ4n) is 4.97. The van der Waals surface area contributed by atoms with Gasteiger partial charge in [0.2, 0.25) is 5.91 Å². The second-order valence-corrected chi connectivity index (χ2v) is 9.06. The van der Waals surface area contributed by atoms with E-state index in [1.807, 2.05) is 0 Å². The van der Waals surface area contributed by atoms with Crippen LogP contribution in [-0.2, 0) is 9.59 Å². The van der Waals surface area contributed by atoms with E-state index in [2.05, 4.69) is 16.7 Å². The number of carbonyl (C=O) groups excluding carboxylic acids is 2. The van der Waals surface area contributed by atoms with Crippen LogP contribution in [-0.4, -0.2) is 60.4 Å². The molecule has 3 aliphatic heterocycles. The molecular weight excluding hydrogens is 369 g/mol. The van der Waals surface area contributed by atoms with Crippen LogP contribution in [0, 0.1) is 17.7 Å². The summed E-state index contributed by atoms with van der Waals surface area (Å²) in [6.07, 6.45) is 6.30. The Balaban J connectivity index is 1.27. The Morgan fingerprint density at radius 1 is 0.966 bits per heavy atom. The van der Waals surface area contributed by atoms with Crippen molar-refractivity contribution in [2.45, 2.75) is 51.5 Å². The number of carbonyl (C=O) groups is 2. The number of hydrogen-bond donors (Lipinski definition) is 0. The zero-order valence-electron chi connectivity index (χ0n) is 17.4. The second-order valence-electron chi connectivity index (χ2n) is 9.06. The van der Waals surface area contributed by atoms with E-state index in [1.165, 1.54) is 68.1 Å². The molecule has 0 N–H and O–H groups in total. The first-order chi connectivity index (χ1) is 14.0. The summed E-state index contributed by atoms with van der Waals surface area (Å²) >= 11 is 0. The molecule has 3 heterocycles. The van der Waals surface area contributed by atoms with E-state index in [-0.39, 0.29) is 30.1 Å². The first kappa shape index (κ1) is 20.5. The number of hydrogen-bond acceptors (Lipinski definition) is 4. The molecule has 0 aliphatic carbocycles. The maximum Gasteiger partial charge on any atom is 0.251 e. The molecule has 1 aromatic carbocycles. The molecule has 0 saturated carbocycles. The molecular formula is C23H32FN3O2. The molecule has 3 fully saturated rings. The Labute approximate surface area is 172 Å². The lowest BCUT2D eigenvalue weighted by Gasteiger charge is -2.36. The highest BCUT2D eigenvalue weighted by atomic mass is 19.1. The van der Waals surface area contributed by atoms with E-state index in [0.29, 0.717) is 11.6 Å². The van der Waals surface area contributed by atoms with Crippen molar-refractivity contribution in [2.24, 2.45) is 11.8 Å². The smallest absolute Gasteiger partial charge is 0.251 e. The van der Waals surface area contributed by atoms with Crippen LogP contribution in [0.15, 0.2) is 24.3 Å². The summed E-state index contributed by atoms with van der Waals surface area (Å²) in [6.45, 7) is 7.76. The number of amides is 2. The van der Waals surface area contributed by atoms with Crippen LogP contribution < -0.4 is 4.90 Å². The summed E-state index contributed by atoms with van der Waals surface area (Å²) in [5.74, 6) is 0.864. The highest BCUT2D eigenvalue weighted by Crippen LogP contribution is 2.30. The van der Waals surface area contributed by atoms with Crippen LogP contribution in [0.25, 0.3) is 0 Å². The van der Waals surface area contributed by atoms with Crippen molar-refractivity contribution in [3.63, 3.8) is 0 Å². The van der Waals surface area contributed by atoms with Gasteiger partial charge in [-0.2, -0.15) is 0 Å². The Morgan fingerprint density at radius 2 is 1.62 bits per heavy atom. The fraction of sp³-hybridized carbons (Fsp3) is 0.652. The summed E-state index contributed by atoms with van der Waals surface area (Å²) in [5, 5.41) is 0. The number of benzene rings is 1. The molecule has 0 bridgehead atoms. The van der Waals surface area contributed by atoms with Crippen LogP contribution in [0.3, 0.4) is 0 Å². The van der Waals surface area contributed by atoms with Crippen LogP contribution in [0.2, 0.25) is 0 Å². The lowest BCUT2D eigenvalue weighted by molar-refractivity contribution is -0.123. The Bertz CT molecular complexity index is 722. The van der Waals surface area contributed by atoms with Gasteiger partial charge in [-0.05, 0) is 101 Å². The summed E-state index contributed by atoms with van der Waals surface area (Å²) in [6, 6.07) is 5.22. The van der Waals surface area contributed by atoms with Crippen LogP contribution in [0.4, 0.5) is 10.1 Å². The Kier molecular flexibility index (Phi) is 6.30. The normalized spacial score (nSPS) is 25.9. The predicted molar refractivity (Wildman–Crippen MR) is 111 cm³/mol. The van der Waals surface area contributed by atoms with E-state index in [9.17, 15) is 14.0 Å². The summed E-state index contributed by atoms with van der Waals surface area (Å²) in [5.41, 5.74) is 0.467. The minimum absolute atomic E-state index is 0.164. The van der Waals surface area contributed by atoms with Gasteiger partial charge in [-0.3, -0.25) is 14.5 Å². The van der Waals surface area contributed by atoms with E-state index < -0.39 is 0 Å². The first-order valence-electron chi connectivity index (χ1n) is 11.1. The van der Waals surface area contributed by atoms with Crippen molar-refractivity contribution >= 4 is 17.5 Å². The van der Waals surface area contributed by atoms with Gasteiger partial charge >= 0.3 is 0 Å². The monoisotopic (exact) mass is 401 g/mol. The SMILES string of the molecule is CC1CCN(CCC2CCN([C@@H]3CC(=O)N(c4ccc(F)cc4)C3=O)CC2)CC1. The first-order valence-corrected chi connectivity index (χ1v) is 11.1. The number of halogens is 1. The molecule has 0 spiro atoms. The second kappa shape index (κ2) is 8.92. The third kappa shape index (κ3) is 4.69. The molecule has 6 heteroatoms. The van der Waals surface area contributed by atoms with Crippen LogP contribution >= 0.6 is 0 Å². The quantitative estimate of drug-likeness (QED) is 0.710. The number of rotatable bonds is 5. The van der Waals surface area contributed by atoms with E-state index in [1.54, 1.807) is 0 Å². The Hall–Kier alpha value is -1.79. The molecule has 0 radical (unpaired) electrons. The molecule has 0 aromatic heterocycles. The summed E-state index contributed by atoms with van der Waals surface area (Å²) < 4.78 is 13.2. The van der Waals surface area contributed by atoms with Crippen LogP contribution in [0.1, 0.15) is 45.4 Å². The van der Waals surface area contributed by atoms with E-state index >= 15 is 0 Å². The van der Waals surface area contributed by atoms with Crippen molar-refractivity contribution in [2.75, 3.05) is 37.6 Å². The van der Waals surface area contributed by atoms with Gasteiger partial charge in [-0.25, -0.2) is 9.29 Å². The van der Waals surface area contributed by atoms with Gasteiger partial charge in [0, 0.05) is 0 Å². The van der Waals surface area contributed by atoms with Crippen molar-refractivity contribution in [3.8, 4) is 0 Å². The minimum Gasteiger partial charge on any atom is -0.303 e. The fourth-order valence-corrected chi connectivity index (χ4v) is 4.97. The third-order valence-corrected chi connectivity index (χ3v) is 7.03. The average molecular weight is 402 g/mol. The Morgan fingerprint density at radius 3 is 2.28 bits per heavy atom. The van der Waals surface area contributed by atoms with Crippen molar-refractivity contribution in [1.29, 1.82) is 0 Å². The van der Waals surface area contributed by atoms with Gasteiger partial charge in [0.05, 0.1) is 18.2 Å². The van der Waals surface area contributed by atoms with Gasteiger partial charge in [0.25, 0.3) is 5.91 Å². The maximum absolute atomic E-state index is 13.2. The van der Waals surface area contributed by atoms with Crippen LogP contribution in [0.5, 0.6) is 0 Å². The minimum atomic E-state index is -0.370. The van der Waals surface area contributed by atoms with Crippen molar-refractivity contribution in [3.05, 3.63) is 30.1 Å². The molecule has 158 valence electrons. The van der Waals surface area contributed by atoms with E-state index in [4.69, 9.17) is 0 Å².